The summed E-state index contributed by atoms with van der Waals surface area (Å²) in [4.78, 5) is 0. The zero-order valence-electron chi connectivity index (χ0n) is 4.85. The molecular formula is C4H12N3Sn. The number of hydrogen-bond donors (Lipinski definition) is 3. The van der Waals surface area contributed by atoms with Crippen molar-refractivity contribution in [2.24, 2.45) is 17.2 Å². The fourth-order valence-electron chi connectivity index (χ4n) is 0.395. The Labute approximate surface area is 63.1 Å². The van der Waals surface area contributed by atoms with Crippen LogP contribution in [-0.4, -0.2) is 28.3 Å². The average Bonchev–Trinajstić information content (AvgIpc) is 1.59. The molecule has 0 spiro atoms. The fraction of sp³-hybridized carbons (Fsp3) is 1.00. The van der Waals surface area contributed by atoms with E-state index in [-0.39, 0.29) is 0 Å². The molecule has 0 amide bonds. The monoisotopic (exact) mass is 222 g/mol. The third-order valence-corrected chi connectivity index (χ3v) is 1.80. The molecule has 0 bridgehead atoms. The van der Waals surface area contributed by atoms with Crippen LogP contribution < -0.4 is 17.2 Å². The van der Waals surface area contributed by atoms with Crippen LogP contribution in [-0.2, 0) is 0 Å². The maximum atomic E-state index is 5.29. The second-order valence-electron chi connectivity index (χ2n) is 1.97. The predicted molar refractivity (Wildman–Crippen MR) is 35.1 cm³/mol. The van der Waals surface area contributed by atoms with Crippen LogP contribution >= 0.6 is 0 Å². The van der Waals surface area contributed by atoms with E-state index in [1.165, 1.54) is 27.0 Å². The summed E-state index contributed by atoms with van der Waals surface area (Å²) in [6.45, 7) is 0. The Bertz CT molecular complexity index is 58.8. The van der Waals surface area contributed by atoms with Gasteiger partial charge in [-0.3, -0.25) is 0 Å². The molecule has 0 unspecified atom stereocenters. The normalized spacial score (nSPS) is 12.0. The minimum atomic E-state index is -0.934. The van der Waals surface area contributed by atoms with E-state index in [1.807, 2.05) is 0 Å². The molecular weight excluding hydrogens is 209 g/mol. The minimum absolute atomic E-state index is 0.720. The van der Waals surface area contributed by atoms with E-state index in [2.05, 4.69) is 0 Å². The van der Waals surface area contributed by atoms with Crippen molar-refractivity contribution in [3.63, 3.8) is 0 Å². The second kappa shape index (κ2) is 3.66. The van der Waals surface area contributed by atoms with E-state index in [0.29, 0.717) is 0 Å². The summed E-state index contributed by atoms with van der Waals surface area (Å²) in [6.07, 6.45) is 1.76. The van der Waals surface area contributed by atoms with Crippen molar-refractivity contribution in [3.8, 4) is 0 Å². The topological polar surface area (TPSA) is 78.1 Å². The summed E-state index contributed by atoms with van der Waals surface area (Å²) >= 11 is 1.52. The zero-order chi connectivity index (χ0) is 6.62. The standard InChI is InChI=1S/C4H12N3.Sn/c1-2-3-4(5,6)7;/h1-3,5-7H2;. The molecule has 0 aromatic carbocycles. The van der Waals surface area contributed by atoms with Gasteiger partial charge in [0, 0.05) is 0 Å². The fourth-order valence-corrected chi connectivity index (χ4v) is 0.899. The van der Waals surface area contributed by atoms with Crippen LogP contribution in [0.1, 0.15) is 12.8 Å². The summed E-state index contributed by atoms with van der Waals surface area (Å²) in [6, 6.07) is 0. The van der Waals surface area contributed by atoms with Crippen LogP contribution in [0.4, 0.5) is 0 Å². The van der Waals surface area contributed by atoms with Gasteiger partial charge in [0.25, 0.3) is 0 Å². The Morgan fingerprint density at radius 3 is 1.88 bits per heavy atom. The van der Waals surface area contributed by atoms with E-state index in [4.69, 9.17) is 17.2 Å². The van der Waals surface area contributed by atoms with Gasteiger partial charge in [-0.05, 0) is 0 Å². The summed E-state index contributed by atoms with van der Waals surface area (Å²) in [7, 11) is 0. The Kier molecular flexibility index (Phi) is 3.97. The Hall–Kier alpha value is 0.679. The van der Waals surface area contributed by atoms with Gasteiger partial charge in [0.15, 0.2) is 0 Å². The van der Waals surface area contributed by atoms with Gasteiger partial charge in [-0.15, -0.1) is 0 Å². The van der Waals surface area contributed by atoms with Gasteiger partial charge in [0.05, 0.1) is 0 Å². The van der Waals surface area contributed by atoms with Crippen LogP contribution in [0.5, 0.6) is 0 Å². The molecule has 0 atom stereocenters. The van der Waals surface area contributed by atoms with Crippen molar-refractivity contribution in [1.82, 2.24) is 0 Å². The molecule has 0 aromatic rings. The van der Waals surface area contributed by atoms with Crippen molar-refractivity contribution in [2.45, 2.75) is 23.1 Å². The van der Waals surface area contributed by atoms with Crippen LogP contribution in [0.15, 0.2) is 0 Å². The van der Waals surface area contributed by atoms with E-state index in [1.54, 1.807) is 0 Å². The van der Waals surface area contributed by atoms with Gasteiger partial charge < -0.3 is 0 Å². The van der Waals surface area contributed by atoms with Crippen LogP contribution in [0, 0.1) is 0 Å². The Balaban J connectivity index is 3.11. The molecule has 0 aliphatic carbocycles. The average molecular weight is 221 g/mol. The van der Waals surface area contributed by atoms with Crippen molar-refractivity contribution >= 4 is 22.5 Å². The molecule has 0 aliphatic heterocycles. The maximum absolute atomic E-state index is 5.29. The zero-order valence-corrected chi connectivity index (χ0v) is 7.71. The van der Waals surface area contributed by atoms with Crippen molar-refractivity contribution < 1.29 is 0 Å². The van der Waals surface area contributed by atoms with Gasteiger partial charge in [-0.25, -0.2) is 0 Å². The summed E-state index contributed by atoms with van der Waals surface area (Å²) < 4.78 is 1.18. The van der Waals surface area contributed by atoms with Gasteiger partial charge >= 0.3 is 62.8 Å². The molecule has 0 saturated heterocycles. The van der Waals surface area contributed by atoms with E-state index in [9.17, 15) is 0 Å². The SMILES string of the molecule is NC(N)(N)CC[CH2][Sn]. The first-order chi connectivity index (χ1) is 3.56. The van der Waals surface area contributed by atoms with E-state index in [0.717, 1.165) is 12.8 Å². The number of hydrogen-bond acceptors (Lipinski definition) is 3. The first-order valence-corrected chi connectivity index (χ1v) is 4.59. The first kappa shape index (κ1) is 8.68. The van der Waals surface area contributed by atoms with Crippen LogP contribution in [0.3, 0.4) is 0 Å². The first-order valence-electron chi connectivity index (χ1n) is 2.57. The Morgan fingerprint density at radius 1 is 1.25 bits per heavy atom. The number of rotatable bonds is 3. The van der Waals surface area contributed by atoms with Gasteiger partial charge in [0.2, 0.25) is 0 Å². The van der Waals surface area contributed by atoms with Crippen LogP contribution in [0.2, 0.25) is 4.44 Å². The second-order valence-corrected chi connectivity index (χ2v) is 3.39. The molecule has 0 fully saturated rings. The van der Waals surface area contributed by atoms with E-state index < -0.39 is 5.79 Å². The van der Waals surface area contributed by atoms with E-state index >= 15 is 0 Å². The van der Waals surface area contributed by atoms with Crippen molar-refractivity contribution in [3.05, 3.63) is 0 Å². The van der Waals surface area contributed by atoms with Crippen molar-refractivity contribution in [2.75, 3.05) is 0 Å². The molecule has 6 N–H and O–H groups in total. The molecule has 0 rings (SSSR count). The molecule has 3 nitrogen and oxygen atoms in total. The summed E-state index contributed by atoms with van der Waals surface area (Å²) in [5.74, 6) is -0.934. The Morgan fingerprint density at radius 2 is 1.75 bits per heavy atom. The third kappa shape index (κ3) is 6.68. The summed E-state index contributed by atoms with van der Waals surface area (Å²) in [5.41, 5.74) is 15.9. The predicted octanol–water partition coefficient (Wildman–Crippen LogP) is -1.12. The van der Waals surface area contributed by atoms with Crippen molar-refractivity contribution in [1.29, 1.82) is 0 Å². The molecule has 0 aromatic heterocycles. The number of nitrogens with two attached hydrogens (primary N) is 3. The van der Waals surface area contributed by atoms with Gasteiger partial charge in [-0.2, -0.15) is 0 Å². The molecule has 47 valence electrons. The quantitative estimate of drug-likeness (QED) is 0.417. The summed E-state index contributed by atoms with van der Waals surface area (Å²) in [5, 5.41) is 0. The third-order valence-electron chi connectivity index (χ3n) is 0.787. The molecule has 0 saturated carbocycles. The molecule has 3 radical (unpaired) electrons. The van der Waals surface area contributed by atoms with Gasteiger partial charge in [0.1, 0.15) is 0 Å². The molecule has 4 heteroatoms. The molecule has 0 heterocycles. The molecule has 8 heavy (non-hydrogen) atoms. The van der Waals surface area contributed by atoms with Gasteiger partial charge in [-0.1, -0.05) is 0 Å². The molecule has 0 aliphatic rings. The van der Waals surface area contributed by atoms with Crippen LogP contribution in [0.25, 0.3) is 0 Å².